The summed E-state index contributed by atoms with van der Waals surface area (Å²) in [6.45, 7) is 6.14. The molecule has 0 radical (unpaired) electrons. The van der Waals surface area contributed by atoms with Crippen LogP contribution < -0.4 is 10.2 Å². The maximum atomic E-state index is 12.6. The highest BCUT2D eigenvalue weighted by molar-refractivity contribution is 7.14. The van der Waals surface area contributed by atoms with Crippen LogP contribution in [0, 0.1) is 0 Å². The van der Waals surface area contributed by atoms with Crippen molar-refractivity contribution < 1.29 is 4.79 Å². The number of aromatic nitrogens is 1. The molecule has 0 aliphatic carbocycles. The van der Waals surface area contributed by atoms with Crippen molar-refractivity contribution in [3.8, 4) is 11.3 Å². The predicted molar refractivity (Wildman–Crippen MR) is 123 cm³/mol. The first-order chi connectivity index (χ1) is 14.2. The van der Waals surface area contributed by atoms with Crippen molar-refractivity contribution in [2.75, 3.05) is 23.3 Å². The molecule has 1 heterocycles. The minimum atomic E-state index is -0.144. The van der Waals surface area contributed by atoms with Gasteiger partial charge in [0.1, 0.15) is 0 Å². The van der Waals surface area contributed by atoms with E-state index >= 15 is 0 Å². The zero-order chi connectivity index (χ0) is 20.2. The molecule has 3 aromatic carbocycles. The minimum absolute atomic E-state index is 0.144. The molecule has 29 heavy (non-hydrogen) atoms. The predicted octanol–water partition coefficient (Wildman–Crippen LogP) is 6.06. The number of thiazole rings is 1. The molecule has 0 aliphatic rings. The number of hydrogen-bond acceptors (Lipinski definition) is 4. The van der Waals surface area contributed by atoms with Gasteiger partial charge in [-0.05, 0) is 48.9 Å². The Kier molecular flexibility index (Phi) is 5.58. The number of carbonyl (C=O) groups excluding carboxylic acids is 1. The Morgan fingerprint density at radius 2 is 1.69 bits per heavy atom. The lowest BCUT2D eigenvalue weighted by Gasteiger charge is -2.20. The van der Waals surface area contributed by atoms with Crippen LogP contribution in [-0.2, 0) is 0 Å². The van der Waals surface area contributed by atoms with Crippen LogP contribution in [0.4, 0.5) is 10.8 Å². The maximum absolute atomic E-state index is 12.6. The number of nitrogens with one attached hydrogen (secondary N) is 1. The average molecular weight is 402 g/mol. The van der Waals surface area contributed by atoms with Crippen LogP contribution in [0.25, 0.3) is 22.0 Å². The molecule has 146 valence electrons. The van der Waals surface area contributed by atoms with E-state index in [9.17, 15) is 4.79 Å². The summed E-state index contributed by atoms with van der Waals surface area (Å²) in [5.41, 5.74) is 3.70. The third kappa shape index (κ3) is 4.00. The van der Waals surface area contributed by atoms with Gasteiger partial charge in [0.05, 0.1) is 5.69 Å². The molecule has 0 unspecified atom stereocenters. The SMILES string of the molecule is CCN(CC)c1ccc(C(=O)Nc2nc(-c3cccc4ccccc34)cs2)cc1. The van der Waals surface area contributed by atoms with Crippen LogP contribution in [-0.4, -0.2) is 24.0 Å². The average Bonchev–Trinajstić information content (AvgIpc) is 3.23. The normalized spacial score (nSPS) is 10.8. The molecule has 0 bridgehead atoms. The number of hydrogen-bond donors (Lipinski definition) is 1. The molecule has 1 amide bonds. The number of fused-ring (bicyclic) bond motifs is 1. The molecule has 0 atom stereocenters. The Labute approximate surface area is 174 Å². The number of carbonyl (C=O) groups is 1. The van der Waals surface area contributed by atoms with E-state index in [4.69, 9.17) is 0 Å². The molecular weight excluding hydrogens is 378 g/mol. The van der Waals surface area contributed by atoms with Crippen molar-refractivity contribution >= 4 is 38.8 Å². The first-order valence-electron chi connectivity index (χ1n) is 9.79. The van der Waals surface area contributed by atoms with Crippen LogP contribution in [0.1, 0.15) is 24.2 Å². The third-order valence-corrected chi connectivity index (χ3v) is 5.81. The fourth-order valence-electron chi connectivity index (χ4n) is 3.49. The summed E-state index contributed by atoms with van der Waals surface area (Å²) in [6, 6.07) is 22.2. The van der Waals surface area contributed by atoms with Gasteiger partial charge in [-0.3, -0.25) is 10.1 Å². The molecule has 4 nitrogen and oxygen atoms in total. The van der Waals surface area contributed by atoms with Crippen molar-refractivity contribution in [3.05, 3.63) is 77.7 Å². The molecule has 0 saturated heterocycles. The van der Waals surface area contributed by atoms with E-state index in [0.29, 0.717) is 10.7 Å². The van der Waals surface area contributed by atoms with E-state index in [-0.39, 0.29) is 5.91 Å². The van der Waals surface area contributed by atoms with E-state index in [1.807, 2.05) is 47.8 Å². The van der Waals surface area contributed by atoms with E-state index in [2.05, 4.69) is 53.3 Å². The summed E-state index contributed by atoms with van der Waals surface area (Å²) < 4.78 is 0. The lowest BCUT2D eigenvalue weighted by atomic mass is 10.0. The topological polar surface area (TPSA) is 45.2 Å². The van der Waals surface area contributed by atoms with Crippen LogP contribution in [0.3, 0.4) is 0 Å². The molecule has 0 spiro atoms. The molecule has 0 aliphatic heterocycles. The number of amides is 1. The fourth-order valence-corrected chi connectivity index (χ4v) is 4.19. The highest BCUT2D eigenvalue weighted by Crippen LogP contribution is 2.31. The summed E-state index contributed by atoms with van der Waals surface area (Å²) in [7, 11) is 0. The van der Waals surface area contributed by atoms with Gasteiger partial charge in [-0.1, -0.05) is 42.5 Å². The second kappa shape index (κ2) is 8.45. The second-order valence-electron chi connectivity index (χ2n) is 6.74. The number of benzene rings is 3. The van der Waals surface area contributed by atoms with Gasteiger partial charge in [0.15, 0.2) is 5.13 Å². The van der Waals surface area contributed by atoms with Gasteiger partial charge in [0.2, 0.25) is 0 Å². The Hall–Kier alpha value is -3.18. The van der Waals surface area contributed by atoms with Gasteiger partial charge in [-0.25, -0.2) is 4.98 Å². The van der Waals surface area contributed by atoms with Gasteiger partial charge in [0, 0.05) is 35.3 Å². The van der Waals surface area contributed by atoms with Gasteiger partial charge in [0.25, 0.3) is 5.91 Å². The van der Waals surface area contributed by atoms with Crippen molar-refractivity contribution in [3.63, 3.8) is 0 Å². The highest BCUT2D eigenvalue weighted by atomic mass is 32.1. The van der Waals surface area contributed by atoms with E-state index in [1.165, 1.54) is 16.7 Å². The molecular formula is C24H23N3OS. The van der Waals surface area contributed by atoms with Crippen LogP contribution >= 0.6 is 11.3 Å². The molecule has 0 fully saturated rings. The summed E-state index contributed by atoms with van der Waals surface area (Å²) in [4.78, 5) is 19.5. The van der Waals surface area contributed by atoms with Crippen molar-refractivity contribution in [1.82, 2.24) is 4.98 Å². The molecule has 4 rings (SSSR count). The lowest BCUT2D eigenvalue weighted by Crippen LogP contribution is -2.21. The molecule has 1 aromatic heterocycles. The quantitative estimate of drug-likeness (QED) is 0.427. The zero-order valence-corrected chi connectivity index (χ0v) is 17.4. The van der Waals surface area contributed by atoms with Gasteiger partial charge in [-0.15, -0.1) is 11.3 Å². The Bertz CT molecular complexity index is 1130. The van der Waals surface area contributed by atoms with Crippen LogP contribution in [0.5, 0.6) is 0 Å². The van der Waals surface area contributed by atoms with E-state index < -0.39 is 0 Å². The summed E-state index contributed by atoms with van der Waals surface area (Å²) in [6.07, 6.45) is 0. The van der Waals surface area contributed by atoms with Crippen molar-refractivity contribution in [2.45, 2.75) is 13.8 Å². The highest BCUT2D eigenvalue weighted by Gasteiger charge is 2.12. The standard InChI is InChI=1S/C24H23N3OS/c1-3-27(4-2)19-14-12-18(13-15-19)23(28)26-24-25-22(16-29-24)21-11-7-9-17-8-5-6-10-20(17)21/h5-16H,3-4H2,1-2H3,(H,25,26,28). The number of rotatable bonds is 6. The summed E-state index contributed by atoms with van der Waals surface area (Å²) in [5, 5.41) is 7.85. The lowest BCUT2D eigenvalue weighted by molar-refractivity contribution is 0.102. The number of nitrogens with zero attached hydrogens (tertiary/aromatic N) is 2. The zero-order valence-electron chi connectivity index (χ0n) is 16.6. The van der Waals surface area contributed by atoms with Gasteiger partial charge < -0.3 is 4.90 Å². The molecule has 0 saturated carbocycles. The van der Waals surface area contributed by atoms with Crippen molar-refractivity contribution in [1.29, 1.82) is 0 Å². The first-order valence-corrected chi connectivity index (χ1v) is 10.7. The van der Waals surface area contributed by atoms with Crippen molar-refractivity contribution in [2.24, 2.45) is 0 Å². The van der Waals surface area contributed by atoms with Gasteiger partial charge in [-0.2, -0.15) is 0 Å². The Morgan fingerprint density at radius 3 is 2.45 bits per heavy atom. The Morgan fingerprint density at radius 1 is 0.966 bits per heavy atom. The van der Waals surface area contributed by atoms with Crippen LogP contribution in [0.15, 0.2) is 72.1 Å². The number of anilines is 2. The summed E-state index contributed by atoms with van der Waals surface area (Å²) >= 11 is 1.44. The summed E-state index contributed by atoms with van der Waals surface area (Å²) in [5.74, 6) is -0.144. The third-order valence-electron chi connectivity index (χ3n) is 5.05. The van der Waals surface area contributed by atoms with E-state index in [0.717, 1.165) is 35.4 Å². The Balaban J connectivity index is 1.52. The monoisotopic (exact) mass is 401 g/mol. The molecule has 5 heteroatoms. The fraction of sp³-hybridized carbons (Fsp3) is 0.167. The minimum Gasteiger partial charge on any atom is -0.372 e. The molecule has 1 N–H and O–H groups in total. The first kappa shape index (κ1) is 19.2. The van der Waals surface area contributed by atoms with Crippen LogP contribution in [0.2, 0.25) is 0 Å². The molecule has 4 aromatic rings. The maximum Gasteiger partial charge on any atom is 0.257 e. The second-order valence-corrected chi connectivity index (χ2v) is 7.60. The van der Waals surface area contributed by atoms with E-state index in [1.54, 1.807) is 0 Å². The smallest absolute Gasteiger partial charge is 0.257 e. The van der Waals surface area contributed by atoms with Gasteiger partial charge >= 0.3 is 0 Å². The largest absolute Gasteiger partial charge is 0.372 e.